The third-order valence-corrected chi connectivity index (χ3v) is 4.92. The Morgan fingerprint density at radius 1 is 1.04 bits per heavy atom. The number of thiazole rings is 1. The van der Waals surface area contributed by atoms with E-state index in [1.807, 2.05) is 42.5 Å². The van der Waals surface area contributed by atoms with E-state index in [0.717, 1.165) is 34.0 Å². The summed E-state index contributed by atoms with van der Waals surface area (Å²) in [4.78, 5) is 8.73. The Bertz CT molecular complexity index is 949. The quantitative estimate of drug-likeness (QED) is 0.481. The van der Waals surface area contributed by atoms with E-state index >= 15 is 0 Å². The van der Waals surface area contributed by atoms with Gasteiger partial charge in [0.1, 0.15) is 23.4 Å². The van der Waals surface area contributed by atoms with Crippen LogP contribution in [0.25, 0.3) is 21.8 Å². The zero-order valence-corrected chi connectivity index (χ0v) is 15.1. The van der Waals surface area contributed by atoms with Crippen LogP contribution in [-0.2, 0) is 0 Å². The van der Waals surface area contributed by atoms with Crippen LogP contribution < -0.4 is 4.74 Å². The molecule has 2 heterocycles. The average molecular weight is 362 g/mol. The van der Waals surface area contributed by atoms with Crippen molar-refractivity contribution in [3.63, 3.8) is 0 Å². The molecule has 6 heteroatoms. The number of aromatic nitrogens is 4. The summed E-state index contributed by atoms with van der Waals surface area (Å²) in [5, 5.41) is 7.26. The highest BCUT2D eigenvalue weighted by atomic mass is 32.1. The summed E-state index contributed by atoms with van der Waals surface area (Å²) < 4.78 is 7.74. The van der Waals surface area contributed by atoms with Crippen molar-refractivity contribution in [3.05, 3.63) is 72.6 Å². The fourth-order valence-electron chi connectivity index (χ4n) is 2.67. The van der Waals surface area contributed by atoms with Crippen LogP contribution in [0.3, 0.4) is 0 Å². The summed E-state index contributed by atoms with van der Waals surface area (Å²) in [7, 11) is 0. The van der Waals surface area contributed by atoms with Crippen LogP contribution in [0.4, 0.5) is 0 Å². The van der Waals surface area contributed by atoms with Gasteiger partial charge in [-0.1, -0.05) is 37.3 Å². The molecule has 0 N–H and O–H groups in total. The van der Waals surface area contributed by atoms with E-state index in [4.69, 9.17) is 9.72 Å². The van der Waals surface area contributed by atoms with Gasteiger partial charge >= 0.3 is 0 Å². The highest BCUT2D eigenvalue weighted by molar-refractivity contribution is 7.13. The summed E-state index contributed by atoms with van der Waals surface area (Å²) >= 11 is 1.65. The molecule has 5 nitrogen and oxygen atoms in total. The van der Waals surface area contributed by atoms with Crippen LogP contribution in [0, 0.1) is 0 Å². The maximum Gasteiger partial charge on any atom is 0.192 e. The molecule has 26 heavy (non-hydrogen) atoms. The number of rotatable bonds is 6. The highest BCUT2D eigenvalue weighted by Gasteiger charge is 2.11. The first kappa shape index (κ1) is 16.5. The van der Waals surface area contributed by atoms with Crippen LogP contribution >= 0.6 is 11.3 Å². The first-order valence-electron chi connectivity index (χ1n) is 8.45. The lowest BCUT2D eigenvalue weighted by Gasteiger charge is -2.17. The molecule has 0 saturated carbocycles. The van der Waals surface area contributed by atoms with Crippen molar-refractivity contribution in [2.45, 2.75) is 19.6 Å². The number of hydrogen-bond acceptors (Lipinski definition) is 5. The van der Waals surface area contributed by atoms with E-state index in [-0.39, 0.29) is 6.23 Å². The lowest BCUT2D eigenvalue weighted by atomic mass is 10.1. The number of hydrogen-bond donors (Lipinski definition) is 0. The van der Waals surface area contributed by atoms with E-state index in [9.17, 15) is 0 Å². The Morgan fingerprint density at radius 2 is 1.85 bits per heavy atom. The van der Waals surface area contributed by atoms with Crippen LogP contribution in [-0.4, -0.2) is 19.7 Å². The van der Waals surface area contributed by atoms with Crippen molar-refractivity contribution >= 4 is 11.3 Å². The van der Waals surface area contributed by atoms with Crippen LogP contribution in [0.2, 0.25) is 0 Å². The molecule has 0 aliphatic carbocycles. The van der Waals surface area contributed by atoms with Gasteiger partial charge in [0.2, 0.25) is 0 Å². The SMILES string of the molecule is CCC(Oc1ccc(-c2csc(-c3ccccc3)n2)cc1)n1cncn1. The smallest absolute Gasteiger partial charge is 0.192 e. The molecular weight excluding hydrogens is 344 g/mol. The van der Waals surface area contributed by atoms with Gasteiger partial charge in [-0.15, -0.1) is 11.3 Å². The lowest BCUT2D eigenvalue weighted by molar-refractivity contribution is 0.113. The number of ether oxygens (including phenoxy) is 1. The molecule has 0 aliphatic heterocycles. The van der Waals surface area contributed by atoms with Gasteiger partial charge in [0.25, 0.3) is 0 Å². The predicted molar refractivity (Wildman–Crippen MR) is 103 cm³/mol. The molecule has 0 bridgehead atoms. The van der Waals surface area contributed by atoms with Gasteiger partial charge < -0.3 is 4.74 Å². The van der Waals surface area contributed by atoms with Gasteiger partial charge in [-0.2, -0.15) is 5.10 Å². The maximum atomic E-state index is 6.02. The van der Waals surface area contributed by atoms with Crippen LogP contribution in [0.1, 0.15) is 19.6 Å². The third-order valence-electron chi connectivity index (χ3n) is 4.03. The molecule has 0 saturated heterocycles. The van der Waals surface area contributed by atoms with Crippen molar-refractivity contribution in [3.8, 4) is 27.6 Å². The number of benzene rings is 2. The minimum atomic E-state index is -0.160. The van der Waals surface area contributed by atoms with E-state index < -0.39 is 0 Å². The first-order valence-corrected chi connectivity index (χ1v) is 9.33. The molecule has 1 atom stereocenters. The second-order valence-corrected chi connectivity index (χ2v) is 6.64. The van der Waals surface area contributed by atoms with Crippen molar-refractivity contribution < 1.29 is 4.74 Å². The molecule has 4 aromatic rings. The Morgan fingerprint density at radius 3 is 2.54 bits per heavy atom. The molecule has 4 rings (SSSR count). The van der Waals surface area contributed by atoms with Crippen LogP contribution in [0.15, 0.2) is 72.6 Å². The van der Waals surface area contributed by atoms with Gasteiger partial charge in [0, 0.05) is 22.9 Å². The van der Waals surface area contributed by atoms with E-state index in [1.54, 1.807) is 22.3 Å². The number of nitrogens with zero attached hydrogens (tertiary/aromatic N) is 4. The Labute approximate surface area is 155 Å². The highest BCUT2D eigenvalue weighted by Crippen LogP contribution is 2.30. The second-order valence-electron chi connectivity index (χ2n) is 5.78. The first-order chi connectivity index (χ1) is 12.8. The normalized spacial score (nSPS) is 12.0. The summed E-state index contributed by atoms with van der Waals surface area (Å²) in [5.41, 5.74) is 3.19. The Hall–Kier alpha value is -2.99. The Kier molecular flexibility index (Phi) is 4.75. The topological polar surface area (TPSA) is 52.8 Å². The zero-order valence-electron chi connectivity index (χ0n) is 14.3. The molecule has 0 amide bonds. The summed E-state index contributed by atoms with van der Waals surface area (Å²) in [5.74, 6) is 0.801. The van der Waals surface area contributed by atoms with E-state index in [1.165, 1.54) is 6.33 Å². The van der Waals surface area contributed by atoms with Gasteiger partial charge in [-0.25, -0.2) is 14.6 Å². The van der Waals surface area contributed by atoms with E-state index in [2.05, 4.69) is 34.5 Å². The molecule has 0 fully saturated rings. The molecular formula is C20H18N4OS. The molecule has 130 valence electrons. The largest absolute Gasteiger partial charge is 0.469 e. The lowest BCUT2D eigenvalue weighted by Crippen LogP contribution is -2.15. The summed E-state index contributed by atoms with van der Waals surface area (Å²) in [6.45, 7) is 2.06. The molecule has 0 aliphatic rings. The fraction of sp³-hybridized carbons (Fsp3) is 0.150. The van der Waals surface area contributed by atoms with Crippen molar-refractivity contribution in [1.29, 1.82) is 0 Å². The minimum Gasteiger partial charge on any atom is -0.469 e. The van der Waals surface area contributed by atoms with Crippen molar-refractivity contribution in [1.82, 2.24) is 19.7 Å². The molecule has 1 unspecified atom stereocenters. The summed E-state index contributed by atoms with van der Waals surface area (Å²) in [6.07, 6.45) is 3.83. The maximum absolute atomic E-state index is 6.02. The monoisotopic (exact) mass is 362 g/mol. The second kappa shape index (κ2) is 7.49. The third kappa shape index (κ3) is 3.50. The Balaban J connectivity index is 1.50. The van der Waals surface area contributed by atoms with Gasteiger partial charge in [0.05, 0.1) is 5.69 Å². The molecule has 0 radical (unpaired) electrons. The van der Waals surface area contributed by atoms with Crippen molar-refractivity contribution in [2.75, 3.05) is 0 Å². The van der Waals surface area contributed by atoms with Gasteiger partial charge in [0.15, 0.2) is 6.23 Å². The fourth-order valence-corrected chi connectivity index (χ4v) is 3.51. The summed E-state index contributed by atoms with van der Waals surface area (Å²) in [6, 6.07) is 18.2. The van der Waals surface area contributed by atoms with Gasteiger partial charge in [-0.05, 0) is 24.3 Å². The van der Waals surface area contributed by atoms with Gasteiger partial charge in [-0.3, -0.25) is 0 Å². The standard InChI is InChI=1S/C20H18N4OS/c1-2-19(24-14-21-13-22-24)25-17-10-8-15(9-11-17)18-12-26-20(23-18)16-6-4-3-5-7-16/h3-14,19H,2H2,1H3. The van der Waals surface area contributed by atoms with E-state index in [0.29, 0.717) is 0 Å². The average Bonchev–Trinajstić information content (AvgIpc) is 3.39. The van der Waals surface area contributed by atoms with Crippen LogP contribution in [0.5, 0.6) is 5.75 Å². The molecule has 2 aromatic carbocycles. The predicted octanol–water partition coefficient (Wildman–Crippen LogP) is 5.06. The molecule has 0 spiro atoms. The zero-order chi connectivity index (χ0) is 17.8. The van der Waals surface area contributed by atoms with Crippen molar-refractivity contribution in [2.24, 2.45) is 0 Å². The minimum absolute atomic E-state index is 0.160. The molecule has 2 aromatic heterocycles.